The van der Waals surface area contributed by atoms with E-state index in [1.807, 2.05) is 6.92 Å². The average Bonchev–Trinajstić information content (AvgIpc) is 2.51. The SMILES string of the molecule is CCC(OC)Sc1ccc(SC(CC)OC)c(CC(C)N)c1. The van der Waals surface area contributed by atoms with E-state index >= 15 is 0 Å². The van der Waals surface area contributed by atoms with Crippen LogP contribution in [0.4, 0.5) is 0 Å². The van der Waals surface area contributed by atoms with E-state index in [2.05, 4.69) is 32.0 Å². The van der Waals surface area contributed by atoms with Gasteiger partial charge in [-0.25, -0.2) is 0 Å². The van der Waals surface area contributed by atoms with Crippen molar-refractivity contribution in [2.24, 2.45) is 5.73 Å². The van der Waals surface area contributed by atoms with Crippen molar-refractivity contribution < 1.29 is 9.47 Å². The molecular weight excluding hydrogens is 314 g/mol. The van der Waals surface area contributed by atoms with Gasteiger partial charge in [0.25, 0.3) is 0 Å². The summed E-state index contributed by atoms with van der Waals surface area (Å²) < 4.78 is 11.0. The summed E-state index contributed by atoms with van der Waals surface area (Å²) in [6, 6.07) is 6.75. The molecule has 0 radical (unpaired) electrons. The molecule has 0 aliphatic heterocycles. The first-order valence-corrected chi connectivity index (χ1v) is 9.57. The van der Waals surface area contributed by atoms with Gasteiger partial charge in [-0.2, -0.15) is 0 Å². The van der Waals surface area contributed by atoms with Crippen molar-refractivity contribution in [2.45, 2.75) is 66.7 Å². The Bertz CT molecular complexity index is 433. The molecule has 3 unspecified atom stereocenters. The molecule has 5 heteroatoms. The number of rotatable bonds is 10. The third-order valence-corrected chi connectivity index (χ3v) is 6.05. The molecule has 0 saturated heterocycles. The smallest absolute Gasteiger partial charge is 0.107 e. The lowest BCUT2D eigenvalue weighted by Crippen LogP contribution is -2.18. The fourth-order valence-corrected chi connectivity index (χ4v) is 4.05. The molecule has 2 N–H and O–H groups in total. The maximum absolute atomic E-state index is 6.02. The Kier molecular flexibility index (Phi) is 9.52. The molecule has 126 valence electrons. The normalized spacial score (nSPS) is 15.5. The molecular formula is C17H29NO2S2. The van der Waals surface area contributed by atoms with Gasteiger partial charge < -0.3 is 15.2 Å². The van der Waals surface area contributed by atoms with Crippen molar-refractivity contribution in [3.05, 3.63) is 23.8 Å². The lowest BCUT2D eigenvalue weighted by molar-refractivity contribution is 0.170. The topological polar surface area (TPSA) is 44.5 Å². The number of hydrogen-bond donors (Lipinski definition) is 1. The predicted molar refractivity (Wildman–Crippen MR) is 97.7 cm³/mol. The first-order valence-electron chi connectivity index (χ1n) is 7.81. The molecule has 0 aliphatic carbocycles. The number of methoxy groups -OCH3 is 2. The highest BCUT2D eigenvalue weighted by molar-refractivity contribution is 8.00. The second-order valence-corrected chi connectivity index (χ2v) is 7.77. The zero-order valence-corrected chi connectivity index (χ0v) is 15.9. The van der Waals surface area contributed by atoms with Crippen molar-refractivity contribution >= 4 is 23.5 Å². The summed E-state index contributed by atoms with van der Waals surface area (Å²) in [4.78, 5) is 2.50. The summed E-state index contributed by atoms with van der Waals surface area (Å²) in [6.07, 6.45) is 2.85. The maximum Gasteiger partial charge on any atom is 0.107 e. The zero-order chi connectivity index (χ0) is 16.5. The molecule has 0 aliphatic rings. The van der Waals surface area contributed by atoms with E-state index in [9.17, 15) is 0 Å². The Morgan fingerprint density at radius 2 is 1.64 bits per heavy atom. The number of hydrogen-bond acceptors (Lipinski definition) is 5. The summed E-state index contributed by atoms with van der Waals surface area (Å²) in [5.41, 5.74) is 7.70. The molecule has 0 fully saturated rings. The summed E-state index contributed by atoms with van der Waals surface area (Å²) in [7, 11) is 3.53. The second-order valence-electron chi connectivity index (χ2n) is 5.33. The van der Waals surface area contributed by atoms with E-state index in [1.54, 1.807) is 37.7 Å². The molecule has 1 rings (SSSR count). The molecule has 0 saturated carbocycles. The molecule has 1 aromatic carbocycles. The Morgan fingerprint density at radius 3 is 2.14 bits per heavy atom. The minimum absolute atomic E-state index is 0.145. The first-order chi connectivity index (χ1) is 10.5. The van der Waals surface area contributed by atoms with Gasteiger partial charge in [0.15, 0.2) is 0 Å². The number of nitrogens with two attached hydrogens (primary N) is 1. The van der Waals surface area contributed by atoms with Gasteiger partial charge in [-0.1, -0.05) is 37.4 Å². The van der Waals surface area contributed by atoms with Crippen molar-refractivity contribution in [3.63, 3.8) is 0 Å². The van der Waals surface area contributed by atoms with Crippen LogP contribution in [0.15, 0.2) is 28.0 Å². The first kappa shape index (κ1) is 19.8. The summed E-state index contributed by atoms with van der Waals surface area (Å²) >= 11 is 3.54. The van der Waals surface area contributed by atoms with Crippen LogP contribution < -0.4 is 5.73 Å². The van der Waals surface area contributed by atoms with Crippen LogP contribution in [0.3, 0.4) is 0 Å². The third-order valence-electron chi connectivity index (χ3n) is 3.29. The minimum atomic E-state index is 0.145. The van der Waals surface area contributed by atoms with E-state index in [4.69, 9.17) is 15.2 Å². The van der Waals surface area contributed by atoms with Gasteiger partial charge in [-0.3, -0.25) is 0 Å². The largest absolute Gasteiger partial charge is 0.370 e. The van der Waals surface area contributed by atoms with E-state index in [1.165, 1.54) is 15.4 Å². The summed E-state index contributed by atoms with van der Waals surface area (Å²) in [5.74, 6) is 0. The van der Waals surface area contributed by atoms with Crippen molar-refractivity contribution in [1.82, 2.24) is 0 Å². The van der Waals surface area contributed by atoms with Crippen LogP contribution in [-0.2, 0) is 15.9 Å². The quantitative estimate of drug-likeness (QED) is 0.499. The maximum atomic E-state index is 6.02. The van der Waals surface area contributed by atoms with Crippen molar-refractivity contribution in [2.75, 3.05) is 14.2 Å². The molecule has 22 heavy (non-hydrogen) atoms. The molecule has 0 amide bonds. The van der Waals surface area contributed by atoms with Gasteiger partial charge in [0, 0.05) is 30.1 Å². The number of ether oxygens (including phenoxy) is 2. The zero-order valence-electron chi connectivity index (χ0n) is 14.3. The van der Waals surface area contributed by atoms with Gasteiger partial charge in [0.1, 0.15) is 10.9 Å². The Hall–Kier alpha value is -0.200. The standard InChI is InChI=1S/C17H29NO2S2/c1-6-16(19-4)21-14-8-9-15(22-17(7-2)20-5)13(11-14)10-12(3)18/h8-9,11-12,16-17H,6-7,10,18H2,1-5H3. The number of thioether (sulfide) groups is 2. The monoisotopic (exact) mass is 343 g/mol. The van der Waals surface area contributed by atoms with Crippen LogP contribution in [0.25, 0.3) is 0 Å². The van der Waals surface area contributed by atoms with Crippen LogP contribution in [0.5, 0.6) is 0 Å². The van der Waals surface area contributed by atoms with Gasteiger partial charge >= 0.3 is 0 Å². The van der Waals surface area contributed by atoms with E-state index in [0.29, 0.717) is 0 Å². The Labute approximate surface area is 143 Å². The van der Waals surface area contributed by atoms with E-state index in [-0.39, 0.29) is 16.9 Å². The number of benzene rings is 1. The Morgan fingerprint density at radius 1 is 1.05 bits per heavy atom. The molecule has 0 aromatic heterocycles. The molecule has 3 nitrogen and oxygen atoms in total. The fourth-order valence-electron chi connectivity index (χ4n) is 2.14. The van der Waals surface area contributed by atoms with Gasteiger partial charge in [0.2, 0.25) is 0 Å². The van der Waals surface area contributed by atoms with E-state index < -0.39 is 0 Å². The minimum Gasteiger partial charge on any atom is -0.370 e. The highest BCUT2D eigenvalue weighted by Crippen LogP contribution is 2.34. The van der Waals surface area contributed by atoms with Crippen molar-refractivity contribution in [1.29, 1.82) is 0 Å². The van der Waals surface area contributed by atoms with Gasteiger partial charge in [-0.05, 0) is 49.9 Å². The highest BCUT2D eigenvalue weighted by atomic mass is 32.2. The Balaban J connectivity index is 2.96. The van der Waals surface area contributed by atoms with Crippen LogP contribution >= 0.6 is 23.5 Å². The summed E-state index contributed by atoms with van der Waals surface area (Å²) in [5, 5.41) is 0. The second kappa shape index (κ2) is 10.6. The summed E-state index contributed by atoms with van der Waals surface area (Å²) in [6.45, 7) is 6.33. The van der Waals surface area contributed by atoms with Crippen LogP contribution in [0, 0.1) is 0 Å². The molecule has 1 aromatic rings. The van der Waals surface area contributed by atoms with Crippen molar-refractivity contribution in [3.8, 4) is 0 Å². The van der Waals surface area contributed by atoms with E-state index in [0.717, 1.165) is 19.3 Å². The predicted octanol–water partition coefficient (Wildman–Crippen LogP) is 4.53. The van der Waals surface area contributed by atoms with Gasteiger partial charge in [-0.15, -0.1) is 0 Å². The highest BCUT2D eigenvalue weighted by Gasteiger charge is 2.14. The third kappa shape index (κ3) is 6.50. The lowest BCUT2D eigenvalue weighted by atomic mass is 10.1. The molecule has 3 atom stereocenters. The van der Waals surface area contributed by atoms with Crippen LogP contribution in [0.1, 0.15) is 39.2 Å². The van der Waals surface area contributed by atoms with Gasteiger partial charge in [0.05, 0.1) is 0 Å². The molecule has 0 spiro atoms. The fraction of sp³-hybridized carbons (Fsp3) is 0.647. The van der Waals surface area contributed by atoms with Crippen LogP contribution in [0.2, 0.25) is 0 Å². The average molecular weight is 344 g/mol. The lowest BCUT2D eigenvalue weighted by Gasteiger charge is -2.18. The van der Waals surface area contributed by atoms with Crippen LogP contribution in [-0.4, -0.2) is 31.1 Å². The molecule has 0 bridgehead atoms. The molecule has 0 heterocycles.